The van der Waals surface area contributed by atoms with Crippen LogP contribution in [0.4, 0.5) is 0 Å². The average Bonchev–Trinajstić information content (AvgIpc) is 3.14. The molecule has 5 rings (SSSR count). The second-order valence-corrected chi connectivity index (χ2v) is 8.49. The number of benzene rings is 3. The number of nitrogens with one attached hydrogen (secondary N) is 1. The van der Waals surface area contributed by atoms with Crippen molar-refractivity contribution < 1.29 is 19.1 Å². The van der Waals surface area contributed by atoms with Crippen LogP contribution in [-0.4, -0.2) is 29.8 Å². The number of hydrogen-bond acceptors (Lipinski definition) is 4. The molecule has 1 aliphatic heterocycles. The highest BCUT2D eigenvalue weighted by atomic mass is 16.5. The van der Waals surface area contributed by atoms with Crippen LogP contribution < -0.4 is 10.2 Å². The number of ether oxygens (including phenoxy) is 1. The van der Waals surface area contributed by atoms with E-state index in [0.29, 0.717) is 11.3 Å². The van der Waals surface area contributed by atoms with Gasteiger partial charge in [-0.15, -0.1) is 0 Å². The molecule has 1 heterocycles. The zero-order valence-corrected chi connectivity index (χ0v) is 18.6. The molecular formula is C28H24N2O4. The Hall–Kier alpha value is -4.19. The number of carbonyl (C=O) groups excluding carboxylic acids is 3. The molecule has 3 aromatic rings. The van der Waals surface area contributed by atoms with Crippen molar-refractivity contribution in [3.8, 4) is 5.75 Å². The third-order valence-electron chi connectivity index (χ3n) is 6.63. The second kappa shape index (κ2) is 8.98. The Morgan fingerprint density at radius 1 is 0.735 bits per heavy atom. The molecule has 1 N–H and O–H groups in total. The lowest BCUT2D eigenvalue weighted by Crippen LogP contribution is -2.46. The number of amides is 3. The highest BCUT2D eigenvalue weighted by Gasteiger charge is 2.55. The van der Waals surface area contributed by atoms with E-state index in [2.05, 4.69) is 5.43 Å². The van der Waals surface area contributed by atoms with E-state index in [1.807, 2.05) is 72.8 Å². The molecule has 2 aliphatic rings. The van der Waals surface area contributed by atoms with Gasteiger partial charge in [0.25, 0.3) is 17.7 Å². The summed E-state index contributed by atoms with van der Waals surface area (Å²) in [5, 5.41) is 0.917. The van der Waals surface area contributed by atoms with Gasteiger partial charge in [0.1, 0.15) is 5.75 Å². The fourth-order valence-electron chi connectivity index (χ4n) is 4.95. The van der Waals surface area contributed by atoms with Gasteiger partial charge in [0.15, 0.2) is 0 Å². The number of hydrogen-bond donors (Lipinski definition) is 1. The summed E-state index contributed by atoms with van der Waals surface area (Å²) in [5.74, 6) is -2.44. The van der Waals surface area contributed by atoms with E-state index in [4.69, 9.17) is 4.74 Å². The van der Waals surface area contributed by atoms with Crippen LogP contribution >= 0.6 is 0 Å². The fraction of sp³-hybridized carbons (Fsp3) is 0.179. The quantitative estimate of drug-likeness (QED) is 0.468. The minimum atomic E-state index is -0.610. The van der Waals surface area contributed by atoms with Crippen LogP contribution in [0.3, 0.4) is 0 Å². The van der Waals surface area contributed by atoms with Gasteiger partial charge in [0.2, 0.25) is 0 Å². The van der Waals surface area contributed by atoms with E-state index < -0.39 is 29.6 Å². The summed E-state index contributed by atoms with van der Waals surface area (Å²) in [5.41, 5.74) is 4.81. The first-order valence-corrected chi connectivity index (χ1v) is 11.2. The fourth-order valence-corrected chi connectivity index (χ4v) is 4.95. The maximum Gasteiger partial charge on any atom is 0.270 e. The Morgan fingerprint density at radius 3 is 1.65 bits per heavy atom. The molecule has 0 bridgehead atoms. The molecule has 4 atom stereocenters. The summed E-state index contributed by atoms with van der Waals surface area (Å²) < 4.78 is 5.13. The summed E-state index contributed by atoms with van der Waals surface area (Å²) in [4.78, 5) is 40.1. The third kappa shape index (κ3) is 3.77. The summed E-state index contributed by atoms with van der Waals surface area (Å²) in [6.45, 7) is 0. The molecule has 0 unspecified atom stereocenters. The van der Waals surface area contributed by atoms with E-state index in [9.17, 15) is 14.4 Å². The summed E-state index contributed by atoms with van der Waals surface area (Å²) in [6, 6.07) is 25.9. The Morgan fingerprint density at radius 2 is 1.21 bits per heavy atom. The number of hydrazine groups is 1. The van der Waals surface area contributed by atoms with Crippen LogP contribution in [0.25, 0.3) is 0 Å². The van der Waals surface area contributed by atoms with Crippen LogP contribution in [0, 0.1) is 11.8 Å². The van der Waals surface area contributed by atoms with Gasteiger partial charge in [-0.1, -0.05) is 72.8 Å². The second-order valence-electron chi connectivity index (χ2n) is 8.49. The molecule has 6 heteroatoms. The largest absolute Gasteiger partial charge is 0.497 e. The Kier molecular flexibility index (Phi) is 5.72. The van der Waals surface area contributed by atoms with E-state index in [0.717, 1.165) is 16.1 Å². The molecule has 1 saturated heterocycles. The molecule has 170 valence electrons. The zero-order valence-electron chi connectivity index (χ0n) is 18.6. The highest BCUT2D eigenvalue weighted by Crippen LogP contribution is 2.48. The molecule has 3 aromatic carbocycles. The Balaban J connectivity index is 1.49. The summed E-state index contributed by atoms with van der Waals surface area (Å²) in [7, 11) is 1.54. The maximum atomic E-state index is 13.6. The van der Waals surface area contributed by atoms with Crippen LogP contribution in [0.2, 0.25) is 0 Å². The van der Waals surface area contributed by atoms with Crippen LogP contribution in [0.15, 0.2) is 97.1 Å². The van der Waals surface area contributed by atoms with Gasteiger partial charge in [-0.05, 0) is 35.4 Å². The number of methoxy groups -OCH3 is 1. The molecule has 1 aliphatic carbocycles. The van der Waals surface area contributed by atoms with E-state index in [1.54, 1.807) is 31.4 Å². The first-order chi connectivity index (χ1) is 16.6. The number of imide groups is 1. The standard InChI is InChI=1S/C28H24N2O4/c1-34-21-14-12-20(13-15-21)26(31)29-30-27(32)24-22(18-8-4-2-5-9-18)16-17-23(25(24)28(30)33)19-10-6-3-7-11-19/h2-17,22-25H,1H3,(H,29,31)/t22-,23-,24+,25+/m0/s1. The number of nitrogens with zero attached hydrogens (tertiary/aromatic N) is 1. The number of allylic oxidation sites excluding steroid dienone is 2. The maximum absolute atomic E-state index is 13.6. The lowest BCUT2D eigenvalue weighted by Gasteiger charge is -2.32. The smallest absolute Gasteiger partial charge is 0.270 e. The molecule has 0 radical (unpaired) electrons. The van der Waals surface area contributed by atoms with Gasteiger partial charge in [0, 0.05) is 17.4 Å². The Bertz CT molecular complexity index is 1170. The van der Waals surface area contributed by atoms with Crippen LogP contribution in [0.1, 0.15) is 33.3 Å². The molecule has 1 fully saturated rings. The van der Waals surface area contributed by atoms with Crippen molar-refractivity contribution in [2.24, 2.45) is 11.8 Å². The van der Waals surface area contributed by atoms with Crippen molar-refractivity contribution in [3.63, 3.8) is 0 Å². The van der Waals surface area contributed by atoms with Crippen molar-refractivity contribution in [1.29, 1.82) is 0 Å². The SMILES string of the molecule is COc1ccc(C(=O)NN2C(=O)[C@H]3[C@H](C2=O)[C@H](c2ccccc2)C=C[C@H]3c2ccccc2)cc1. The van der Waals surface area contributed by atoms with Gasteiger partial charge < -0.3 is 4.74 Å². The number of carbonyl (C=O) groups is 3. The molecular weight excluding hydrogens is 428 g/mol. The van der Waals surface area contributed by atoms with Crippen LogP contribution in [-0.2, 0) is 9.59 Å². The predicted octanol–water partition coefficient (Wildman–Crippen LogP) is 4.08. The van der Waals surface area contributed by atoms with Crippen molar-refractivity contribution >= 4 is 17.7 Å². The first kappa shape index (κ1) is 21.6. The van der Waals surface area contributed by atoms with Gasteiger partial charge >= 0.3 is 0 Å². The first-order valence-electron chi connectivity index (χ1n) is 11.2. The number of rotatable bonds is 5. The van der Waals surface area contributed by atoms with Crippen molar-refractivity contribution in [1.82, 2.24) is 10.4 Å². The molecule has 0 aromatic heterocycles. The minimum Gasteiger partial charge on any atom is -0.497 e. The van der Waals surface area contributed by atoms with Crippen LogP contribution in [0.5, 0.6) is 5.75 Å². The molecule has 0 spiro atoms. The van der Waals surface area contributed by atoms with E-state index in [1.165, 1.54) is 0 Å². The summed E-state index contributed by atoms with van der Waals surface area (Å²) >= 11 is 0. The molecule has 34 heavy (non-hydrogen) atoms. The van der Waals surface area contributed by atoms with E-state index >= 15 is 0 Å². The lowest BCUT2D eigenvalue weighted by molar-refractivity contribution is -0.142. The third-order valence-corrected chi connectivity index (χ3v) is 6.63. The monoisotopic (exact) mass is 452 g/mol. The van der Waals surface area contributed by atoms with E-state index in [-0.39, 0.29) is 11.8 Å². The lowest BCUT2D eigenvalue weighted by atomic mass is 9.68. The Labute approximate surface area is 197 Å². The zero-order chi connectivity index (χ0) is 23.7. The summed E-state index contributed by atoms with van der Waals surface area (Å²) in [6.07, 6.45) is 4.04. The van der Waals surface area contributed by atoms with Crippen molar-refractivity contribution in [2.75, 3.05) is 7.11 Å². The normalized spacial score (nSPS) is 23.5. The molecule has 6 nitrogen and oxygen atoms in total. The van der Waals surface area contributed by atoms with Crippen molar-refractivity contribution in [2.45, 2.75) is 11.8 Å². The highest BCUT2D eigenvalue weighted by molar-refractivity contribution is 6.09. The topological polar surface area (TPSA) is 75.7 Å². The average molecular weight is 453 g/mol. The van der Waals surface area contributed by atoms with Gasteiger partial charge in [-0.3, -0.25) is 19.8 Å². The molecule has 3 amide bonds. The van der Waals surface area contributed by atoms with Gasteiger partial charge in [-0.2, -0.15) is 5.01 Å². The van der Waals surface area contributed by atoms with Gasteiger partial charge in [-0.25, -0.2) is 0 Å². The number of fused-ring (bicyclic) bond motifs is 1. The minimum absolute atomic E-state index is 0.259. The van der Waals surface area contributed by atoms with Gasteiger partial charge in [0.05, 0.1) is 18.9 Å². The predicted molar refractivity (Wildman–Crippen MR) is 127 cm³/mol. The van der Waals surface area contributed by atoms with Crippen molar-refractivity contribution in [3.05, 3.63) is 114 Å². The molecule has 0 saturated carbocycles.